The first kappa shape index (κ1) is 15.6. The van der Waals surface area contributed by atoms with E-state index in [0.717, 1.165) is 38.2 Å². The Balaban J connectivity index is 1.57. The lowest BCUT2D eigenvalue weighted by Gasteiger charge is -2.22. The number of benzene rings is 1. The Morgan fingerprint density at radius 2 is 2.17 bits per heavy atom. The van der Waals surface area contributed by atoms with Crippen molar-refractivity contribution < 1.29 is 9.53 Å². The number of ether oxygens (including phenoxy) is 1. The summed E-state index contributed by atoms with van der Waals surface area (Å²) in [5, 5.41) is 6.29. The van der Waals surface area contributed by atoms with E-state index >= 15 is 0 Å². The van der Waals surface area contributed by atoms with Gasteiger partial charge in [-0.1, -0.05) is 12.1 Å². The molecule has 0 bridgehead atoms. The second-order valence-corrected chi connectivity index (χ2v) is 5.66. The smallest absolute Gasteiger partial charge is 0.227 e. The van der Waals surface area contributed by atoms with Gasteiger partial charge in [0.25, 0.3) is 0 Å². The maximum atomic E-state index is 12.4. The number of nitrogens with zero attached hydrogens (tertiary/aromatic N) is 2. The second-order valence-electron chi connectivity index (χ2n) is 5.66. The highest BCUT2D eigenvalue weighted by molar-refractivity contribution is 5.94. The number of anilines is 1. The third kappa shape index (κ3) is 4.32. The Labute approximate surface area is 135 Å². The number of carbonyl (C=O) groups is 1. The standard InChI is InChI=1S/C17H22N4O2/c22-17(14-5-7-18-8-6-14)20-15-3-1-2-4-16(15)23-12-11-21-10-9-19-13-21/h1-4,9-10,13-14,18H,5-8,11-12H2,(H,20,22). The molecule has 2 N–H and O–H groups in total. The van der Waals surface area contributed by atoms with Crippen LogP contribution in [0.1, 0.15) is 12.8 Å². The van der Waals surface area contributed by atoms with E-state index in [1.54, 1.807) is 12.5 Å². The van der Waals surface area contributed by atoms with E-state index in [0.29, 0.717) is 12.4 Å². The van der Waals surface area contributed by atoms with E-state index in [-0.39, 0.29) is 11.8 Å². The summed E-state index contributed by atoms with van der Waals surface area (Å²) in [7, 11) is 0. The van der Waals surface area contributed by atoms with Gasteiger partial charge in [-0.05, 0) is 38.1 Å². The topological polar surface area (TPSA) is 68.2 Å². The largest absolute Gasteiger partial charge is 0.490 e. The number of hydrogen-bond acceptors (Lipinski definition) is 4. The summed E-state index contributed by atoms with van der Waals surface area (Å²) in [5.41, 5.74) is 0.738. The summed E-state index contributed by atoms with van der Waals surface area (Å²) in [5.74, 6) is 0.863. The normalized spacial score (nSPS) is 15.3. The van der Waals surface area contributed by atoms with Gasteiger partial charge in [0.1, 0.15) is 12.4 Å². The Morgan fingerprint density at radius 3 is 2.96 bits per heavy atom. The van der Waals surface area contributed by atoms with Crippen LogP contribution in [-0.2, 0) is 11.3 Å². The molecule has 0 spiro atoms. The zero-order valence-electron chi connectivity index (χ0n) is 13.1. The van der Waals surface area contributed by atoms with Crippen LogP contribution in [0.4, 0.5) is 5.69 Å². The van der Waals surface area contributed by atoms with Gasteiger partial charge in [-0.15, -0.1) is 0 Å². The van der Waals surface area contributed by atoms with Crippen LogP contribution < -0.4 is 15.4 Å². The lowest BCUT2D eigenvalue weighted by Crippen LogP contribution is -2.34. The monoisotopic (exact) mass is 314 g/mol. The van der Waals surface area contributed by atoms with E-state index in [2.05, 4.69) is 15.6 Å². The fourth-order valence-electron chi connectivity index (χ4n) is 2.69. The number of imidazole rings is 1. The van der Waals surface area contributed by atoms with Gasteiger partial charge in [0.15, 0.2) is 0 Å². The molecule has 6 heteroatoms. The number of nitrogens with one attached hydrogen (secondary N) is 2. The Hall–Kier alpha value is -2.34. The molecule has 0 radical (unpaired) electrons. The Morgan fingerprint density at radius 1 is 1.35 bits per heavy atom. The van der Waals surface area contributed by atoms with Crippen molar-refractivity contribution in [2.75, 3.05) is 25.0 Å². The number of hydrogen-bond donors (Lipinski definition) is 2. The molecule has 1 aliphatic rings. The summed E-state index contributed by atoms with van der Waals surface area (Å²) in [6.07, 6.45) is 7.17. The number of para-hydroxylation sites is 2. The van der Waals surface area contributed by atoms with Crippen LogP contribution >= 0.6 is 0 Å². The summed E-state index contributed by atoms with van der Waals surface area (Å²) < 4.78 is 7.78. The first-order chi connectivity index (χ1) is 11.3. The molecule has 6 nitrogen and oxygen atoms in total. The average molecular weight is 314 g/mol. The molecule has 2 aromatic rings. The van der Waals surface area contributed by atoms with Crippen molar-refractivity contribution in [3.05, 3.63) is 43.0 Å². The Bertz CT molecular complexity index is 621. The molecule has 0 unspecified atom stereocenters. The first-order valence-electron chi connectivity index (χ1n) is 8.02. The van der Waals surface area contributed by atoms with Crippen LogP contribution in [0.3, 0.4) is 0 Å². The molecule has 122 valence electrons. The molecular weight excluding hydrogens is 292 g/mol. The lowest BCUT2D eigenvalue weighted by molar-refractivity contribution is -0.120. The van der Waals surface area contributed by atoms with Crippen LogP contribution in [0.15, 0.2) is 43.0 Å². The van der Waals surface area contributed by atoms with Crippen LogP contribution in [0, 0.1) is 5.92 Å². The van der Waals surface area contributed by atoms with Crippen LogP contribution in [-0.4, -0.2) is 35.2 Å². The van der Waals surface area contributed by atoms with E-state index in [1.165, 1.54) is 0 Å². The number of piperidine rings is 1. The van der Waals surface area contributed by atoms with Gasteiger partial charge in [0, 0.05) is 18.3 Å². The fourth-order valence-corrected chi connectivity index (χ4v) is 2.69. The molecule has 1 fully saturated rings. The van der Waals surface area contributed by atoms with Gasteiger partial charge in [0.2, 0.25) is 5.91 Å². The second kappa shape index (κ2) is 7.78. The highest BCUT2D eigenvalue weighted by Crippen LogP contribution is 2.25. The maximum Gasteiger partial charge on any atom is 0.227 e. The third-order valence-corrected chi connectivity index (χ3v) is 4.02. The zero-order chi connectivity index (χ0) is 15.9. The van der Waals surface area contributed by atoms with Crippen LogP contribution in [0.2, 0.25) is 0 Å². The highest BCUT2D eigenvalue weighted by atomic mass is 16.5. The number of rotatable bonds is 6. The van der Waals surface area contributed by atoms with Crippen molar-refractivity contribution >= 4 is 11.6 Å². The predicted octanol–water partition coefficient (Wildman–Crippen LogP) is 1.90. The molecular formula is C17H22N4O2. The summed E-state index contributed by atoms with van der Waals surface area (Å²) in [6, 6.07) is 7.57. The van der Waals surface area contributed by atoms with Gasteiger partial charge >= 0.3 is 0 Å². The molecule has 3 rings (SSSR count). The van der Waals surface area contributed by atoms with Crippen molar-refractivity contribution in [3.63, 3.8) is 0 Å². The minimum absolute atomic E-state index is 0.0789. The third-order valence-electron chi connectivity index (χ3n) is 4.02. The van der Waals surface area contributed by atoms with Gasteiger partial charge in [-0.3, -0.25) is 4.79 Å². The van der Waals surface area contributed by atoms with Crippen LogP contribution in [0.5, 0.6) is 5.75 Å². The SMILES string of the molecule is O=C(Nc1ccccc1OCCn1ccnc1)C1CCNCC1. The minimum atomic E-state index is 0.0789. The van der Waals surface area contributed by atoms with E-state index < -0.39 is 0 Å². The maximum absolute atomic E-state index is 12.4. The van der Waals surface area contributed by atoms with Gasteiger partial charge in [0.05, 0.1) is 18.6 Å². The average Bonchev–Trinajstić information content (AvgIpc) is 3.10. The van der Waals surface area contributed by atoms with Crippen molar-refractivity contribution in [1.82, 2.24) is 14.9 Å². The molecule has 1 amide bonds. The highest BCUT2D eigenvalue weighted by Gasteiger charge is 2.21. The minimum Gasteiger partial charge on any atom is -0.490 e. The van der Waals surface area contributed by atoms with Crippen molar-refractivity contribution in [3.8, 4) is 5.75 Å². The van der Waals surface area contributed by atoms with Crippen molar-refractivity contribution in [2.24, 2.45) is 5.92 Å². The predicted molar refractivity (Wildman–Crippen MR) is 88.4 cm³/mol. The van der Waals surface area contributed by atoms with E-state index in [1.807, 2.05) is 35.0 Å². The number of carbonyl (C=O) groups excluding carboxylic acids is 1. The van der Waals surface area contributed by atoms with Gasteiger partial charge in [-0.25, -0.2) is 4.98 Å². The molecule has 1 aromatic heterocycles. The molecule has 23 heavy (non-hydrogen) atoms. The fraction of sp³-hybridized carbons (Fsp3) is 0.412. The molecule has 2 heterocycles. The summed E-state index contributed by atoms with van der Waals surface area (Å²) in [6.45, 7) is 3.05. The molecule has 0 aliphatic carbocycles. The number of aromatic nitrogens is 2. The van der Waals surface area contributed by atoms with Crippen molar-refractivity contribution in [2.45, 2.75) is 19.4 Å². The van der Waals surface area contributed by atoms with Gasteiger partial charge in [-0.2, -0.15) is 0 Å². The van der Waals surface area contributed by atoms with Crippen LogP contribution in [0.25, 0.3) is 0 Å². The molecule has 1 aliphatic heterocycles. The summed E-state index contributed by atoms with van der Waals surface area (Å²) in [4.78, 5) is 16.4. The molecule has 1 aromatic carbocycles. The molecule has 0 atom stereocenters. The molecule has 0 saturated carbocycles. The zero-order valence-corrected chi connectivity index (χ0v) is 13.1. The van der Waals surface area contributed by atoms with E-state index in [9.17, 15) is 4.79 Å². The quantitative estimate of drug-likeness (QED) is 0.854. The van der Waals surface area contributed by atoms with Crippen molar-refractivity contribution in [1.29, 1.82) is 0 Å². The summed E-state index contributed by atoms with van der Waals surface area (Å²) >= 11 is 0. The number of amides is 1. The van der Waals surface area contributed by atoms with Gasteiger partial charge < -0.3 is 19.9 Å². The lowest BCUT2D eigenvalue weighted by atomic mass is 9.97. The first-order valence-corrected chi connectivity index (χ1v) is 8.02. The molecule has 1 saturated heterocycles. The van der Waals surface area contributed by atoms with E-state index in [4.69, 9.17) is 4.74 Å². The Kier molecular flexibility index (Phi) is 5.26.